The molecule has 0 spiro atoms. The highest BCUT2D eigenvalue weighted by molar-refractivity contribution is 7.99. The van der Waals surface area contributed by atoms with Crippen molar-refractivity contribution >= 4 is 51.8 Å². The molecule has 9 heteroatoms. The molecule has 1 aromatic heterocycles. The van der Waals surface area contributed by atoms with Crippen molar-refractivity contribution in [3.05, 3.63) is 52.8 Å². The monoisotopic (exact) mass is 447 g/mol. The normalized spacial score (nSPS) is 14.4. The van der Waals surface area contributed by atoms with E-state index in [0.29, 0.717) is 58.8 Å². The molecule has 30 heavy (non-hydrogen) atoms. The maximum Gasteiger partial charge on any atom is 0.257 e. The highest BCUT2D eigenvalue weighted by Gasteiger charge is 2.23. The number of carbonyl (C=O) groups is 2. The third-order valence-electron chi connectivity index (χ3n) is 4.98. The molecule has 3 aromatic rings. The molecule has 0 atom stereocenters. The van der Waals surface area contributed by atoms with Crippen LogP contribution in [0.5, 0.6) is 0 Å². The molecular weight excluding hydrogens is 429 g/mol. The second kappa shape index (κ2) is 8.65. The summed E-state index contributed by atoms with van der Waals surface area (Å²) in [6, 6.07) is 9.71. The number of halogens is 2. The molecule has 4 rings (SSSR count). The highest BCUT2D eigenvalue weighted by atomic mass is 35.5. The van der Waals surface area contributed by atoms with Crippen LogP contribution >= 0.6 is 23.4 Å². The zero-order valence-corrected chi connectivity index (χ0v) is 17.8. The summed E-state index contributed by atoms with van der Waals surface area (Å²) < 4.78 is 20.0. The van der Waals surface area contributed by atoms with Gasteiger partial charge in [-0.3, -0.25) is 9.59 Å². The second-order valence-electron chi connectivity index (χ2n) is 6.97. The molecule has 6 nitrogen and oxygen atoms in total. The van der Waals surface area contributed by atoms with Crippen LogP contribution in [0.1, 0.15) is 17.3 Å². The van der Waals surface area contributed by atoms with E-state index in [0.717, 1.165) is 0 Å². The molecule has 1 saturated heterocycles. The third-order valence-corrected chi connectivity index (χ3v) is 6.02. The quantitative estimate of drug-likeness (QED) is 0.430. The molecule has 0 unspecified atom stereocenters. The van der Waals surface area contributed by atoms with Crippen LogP contribution < -0.4 is 4.90 Å². The van der Waals surface area contributed by atoms with Crippen LogP contribution in [0.2, 0.25) is 5.02 Å². The van der Waals surface area contributed by atoms with Gasteiger partial charge in [0, 0.05) is 36.8 Å². The Morgan fingerprint density at radius 3 is 2.63 bits per heavy atom. The third kappa shape index (κ3) is 4.44. The van der Waals surface area contributed by atoms with Crippen molar-refractivity contribution in [2.24, 2.45) is 0 Å². The van der Waals surface area contributed by atoms with Crippen LogP contribution in [0.25, 0.3) is 11.1 Å². The number of oxazole rings is 1. The van der Waals surface area contributed by atoms with E-state index < -0.39 is 5.82 Å². The molecule has 0 radical (unpaired) electrons. The molecule has 0 N–H and O–H groups in total. The lowest BCUT2D eigenvalue weighted by molar-refractivity contribution is -0.128. The van der Waals surface area contributed by atoms with Gasteiger partial charge in [-0.15, -0.1) is 0 Å². The van der Waals surface area contributed by atoms with E-state index in [-0.39, 0.29) is 17.4 Å². The predicted octanol–water partition coefficient (Wildman–Crippen LogP) is 4.26. The Labute approximate surface area is 182 Å². The number of aromatic nitrogens is 1. The van der Waals surface area contributed by atoms with Crippen molar-refractivity contribution in [1.82, 2.24) is 9.88 Å². The lowest BCUT2D eigenvalue weighted by Gasteiger charge is -2.36. The number of ketones is 1. The Morgan fingerprint density at radius 1 is 1.17 bits per heavy atom. The topological polar surface area (TPSA) is 66.7 Å². The largest absolute Gasteiger partial charge is 0.431 e. The lowest BCUT2D eigenvalue weighted by Crippen LogP contribution is -2.49. The number of carbonyl (C=O) groups excluding carboxylic acids is 2. The SMILES string of the molecule is CC(=O)c1ccc(N2CCN(C(=O)CSc3nc4cc(Cl)ccc4o3)CC2)c(F)c1. The van der Waals surface area contributed by atoms with E-state index in [4.69, 9.17) is 16.0 Å². The smallest absolute Gasteiger partial charge is 0.257 e. The van der Waals surface area contributed by atoms with Crippen LogP contribution in [-0.4, -0.2) is 53.5 Å². The van der Waals surface area contributed by atoms with Gasteiger partial charge in [0.25, 0.3) is 5.22 Å². The van der Waals surface area contributed by atoms with Gasteiger partial charge in [-0.1, -0.05) is 23.4 Å². The number of hydrogen-bond acceptors (Lipinski definition) is 6. The van der Waals surface area contributed by atoms with Crippen LogP contribution in [0.15, 0.2) is 46.0 Å². The average molecular weight is 448 g/mol. The average Bonchev–Trinajstić information content (AvgIpc) is 3.14. The molecule has 156 valence electrons. The summed E-state index contributed by atoms with van der Waals surface area (Å²) in [4.78, 5) is 31.9. The molecule has 1 aliphatic rings. The highest BCUT2D eigenvalue weighted by Crippen LogP contribution is 2.26. The minimum absolute atomic E-state index is 0.0210. The molecule has 0 bridgehead atoms. The van der Waals surface area contributed by atoms with E-state index in [2.05, 4.69) is 4.98 Å². The molecular formula is C21H19ClFN3O3S. The first-order valence-corrected chi connectivity index (χ1v) is 10.8. The summed E-state index contributed by atoms with van der Waals surface area (Å²) in [5, 5.41) is 1.00. The Bertz CT molecular complexity index is 1110. The number of anilines is 1. The number of fused-ring (bicyclic) bond motifs is 1. The van der Waals surface area contributed by atoms with Crippen LogP contribution in [0, 0.1) is 5.82 Å². The minimum atomic E-state index is -0.422. The molecule has 0 saturated carbocycles. The molecule has 2 aromatic carbocycles. The van der Waals surface area contributed by atoms with E-state index >= 15 is 0 Å². The van der Waals surface area contributed by atoms with Crippen molar-refractivity contribution < 1.29 is 18.4 Å². The first kappa shape index (κ1) is 20.7. The second-order valence-corrected chi connectivity index (χ2v) is 8.33. The zero-order valence-electron chi connectivity index (χ0n) is 16.2. The Morgan fingerprint density at radius 2 is 1.93 bits per heavy atom. The van der Waals surface area contributed by atoms with E-state index in [1.54, 1.807) is 35.2 Å². The number of hydrogen-bond donors (Lipinski definition) is 0. The van der Waals surface area contributed by atoms with Crippen molar-refractivity contribution in [2.75, 3.05) is 36.8 Å². The lowest BCUT2D eigenvalue weighted by atomic mass is 10.1. The number of amides is 1. The summed E-state index contributed by atoms with van der Waals surface area (Å²) in [6.45, 7) is 3.45. The van der Waals surface area contributed by atoms with Gasteiger partial charge in [-0.05, 0) is 43.3 Å². The standard InChI is InChI=1S/C21H19ClFN3O3S/c1-13(27)14-2-4-18(16(23)10-14)25-6-8-26(9-7-25)20(28)12-30-21-24-17-11-15(22)3-5-19(17)29-21/h2-5,10-11H,6-9,12H2,1H3. The molecule has 1 aliphatic heterocycles. The summed E-state index contributed by atoms with van der Waals surface area (Å²) in [7, 11) is 0. The molecule has 0 aliphatic carbocycles. The van der Waals surface area contributed by atoms with Crippen molar-refractivity contribution in [3.8, 4) is 0 Å². The summed E-state index contributed by atoms with van der Waals surface area (Å²) in [6.07, 6.45) is 0. The fraction of sp³-hybridized carbons (Fsp3) is 0.286. The van der Waals surface area contributed by atoms with Crippen molar-refractivity contribution in [3.63, 3.8) is 0 Å². The van der Waals surface area contributed by atoms with Gasteiger partial charge in [0.15, 0.2) is 11.4 Å². The number of nitrogens with zero attached hydrogens (tertiary/aromatic N) is 3. The number of piperazine rings is 1. The number of benzene rings is 2. The summed E-state index contributed by atoms with van der Waals surface area (Å²) in [5.41, 5.74) is 2.08. The Balaban J connectivity index is 1.32. The van der Waals surface area contributed by atoms with Crippen LogP contribution in [0.4, 0.5) is 10.1 Å². The minimum Gasteiger partial charge on any atom is -0.431 e. The maximum absolute atomic E-state index is 14.4. The van der Waals surface area contributed by atoms with Gasteiger partial charge < -0.3 is 14.2 Å². The van der Waals surface area contributed by atoms with Gasteiger partial charge in [-0.2, -0.15) is 0 Å². The number of rotatable bonds is 5. The molecule has 1 fully saturated rings. The van der Waals surface area contributed by atoms with Crippen molar-refractivity contribution in [2.45, 2.75) is 12.1 Å². The van der Waals surface area contributed by atoms with Gasteiger partial charge in [-0.25, -0.2) is 9.37 Å². The summed E-state index contributed by atoms with van der Waals surface area (Å²) >= 11 is 7.19. The Kier molecular flexibility index (Phi) is 5.97. The van der Waals surface area contributed by atoms with Crippen LogP contribution in [-0.2, 0) is 4.79 Å². The van der Waals surface area contributed by atoms with E-state index in [1.807, 2.05) is 4.90 Å². The van der Waals surface area contributed by atoms with Gasteiger partial charge in [0.2, 0.25) is 5.91 Å². The van der Waals surface area contributed by atoms with Crippen LogP contribution in [0.3, 0.4) is 0 Å². The first-order valence-electron chi connectivity index (χ1n) is 9.43. The molecule has 2 heterocycles. The van der Waals surface area contributed by atoms with E-state index in [1.165, 1.54) is 24.8 Å². The van der Waals surface area contributed by atoms with E-state index in [9.17, 15) is 14.0 Å². The number of thioether (sulfide) groups is 1. The fourth-order valence-corrected chi connectivity index (χ4v) is 4.24. The summed E-state index contributed by atoms with van der Waals surface area (Å²) in [5.74, 6) is -0.403. The zero-order chi connectivity index (χ0) is 21.3. The fourth-order valence-electron chi connectivity index (χ4n) is 3.34. The molecule has 1 amide bonds. The predicted molar refractivity (Wildman–Crippen MR) is 115 cm³/mol. The van der Waals surface area contributed by atoms with Gasteiger partial charge in [0.1, 0.15) is 11.3 Å². The van der Waals surface area contributed by atoms with Gasteiger partial charge >= 0.3 is 0 Å². The number of Topliss-reactive ketones (excluding diaryl/α,β-unsaturated/α-hetero) is 1. The first-order chi connectivity index (χ1) is 14.4. The van der Waals surface area contributed by atoms with Crippen molar-refractivity contribution in [1.29, 1.82) is 0 Å². The maximum atomic E-state index is 14.4. The van der Waals surface area contributed by atoms with Gasteiger partial charge in [0.05, 0.1) is 11.4 Å². The Hall–Kier alpha value is -2.58.